The second-order valence-corrected chi connectivity index (χ2v) is 4.11. The highest BCUT2D eigenvalue weighted by Crippen LogP contribution is 1.96. The zero-order valence-corrected chi connectivity index (χ0v) is 10.9. The molecule has 1 rings (SSSR count). The van der Waals surface area contributed by atoms with Gasteiger partial charge in [0.15, 0.2) is 0 Å². The molecule has 0 aromatic carbocycles. The van der Waals surface area contributed by atoms with Gasteiger partial charge in [0.25, 0.3) is 0 Å². The Hall–Kier alpha value is -1.14. The first-order valence-corrected chi connectivity index (χ1v) is 6.44. The maximum atomic E-state index is 11.4. The number of hydrogen-bond donors (Lipinski definition) is 1. The molecule has 1 heterocycles. The SMILES string of the molecule is CCOC(=O)CCC(=O)NCCN1CCOCC1. The fraction of sp³-hybridized carbons (Fsp3) is 0.833. The maximum Gasteiger partial charge on any atom is 0.306 e. The van der Waals surface area contributed by atoms with E-state index in [1.165, 1.54) is 0 Å². The second kappa shape index (κ2) is 8.88. The van der Waals surface area contributed by atoms with Gasteiger partial charge < -0.3 is 14.8 Å². The van der Waals surface area contributed by atoms with Crippen LogP contribution in [-0.2, 0) is 19.1 Å². The number of nitrogens with zero attached hydrogens (tertiary/aromatic N) is 1. The number of esters is 1. The molecule has 0 aromatic heterocycles. The lowest BCUT2D eigenvalue weighted by Gasteiger charge is -2.26. The summed E-state index contributed by atoms with van der Waals surface area (Å²) in [5, 5.41) is 2.80. The molecule has 6 nitrogen and oxygen atoms in total. The van der Waals surface area contributed by atoms with Crippen LogP contribution in [-0.4, -0.2) is 62.8 Å². The first kappa shape index (κ1) is 14.9. The monoisotopic (exact) mass is 258 g/mol. The number of morpholine rings is 1. The van der Waals surface area contributed by atoms with Crippen LogP contribution in [0.4, 0.5) is 0 Å². The van der Waals surface area contributed by atoms with Gasteiger partial charge in [-0.3, -0.25) is 14.5 Å². The van der Waals surface area contributed by atoms with Gasteiger partial charge in [-0.05, 0) is 6.92 Å². The smallest absolute Gasteiger partial charge is 0.306 e. The summed E-state index contributed by atoms with van der Waals surface area (Å²) in [6.45, 7) is 6.90. The van der Waals surface area contributed by atoms with Gasteiger partial charge in [-0.2, -0.15) is 0 Å². The number of carbonyl (C=O) groups excluding carboxylic acids is 2. The van der Waals surface area contributed by atoms with Gasteiger partial charge in [0.05, 0.1) is 26.2 Å². The molecular formula is C12H22N2O4. The molecule has 1 N–H and O–H groups in total. The Kier molecular flexibility index (Phi) is 7.36. The number of amides is 1. The molecule has 0 radical (unpaired) electrons. The fourth-order valence-electron chi connectivity index (χ4n) is 1.72. The van der Waals surface area contributed by atoms with Crippen LogP contribution >= 0.6 is 0 Å². The molecule has 0 aromatic rings. The highest BCUT2D eigenvalue weighted by atomic mass is 16.5. The van der Waals surface area contributed by atoms with E-state index < -0.39 is 0 Å². The van der Waals surface area contributed by atoms with Crippen molar-refractivity contribution in [3.63, 3.8) is 0 Å². The van der Waals surface area contributed by atoms with Crippen LogP contribution in [0.2, 0.25) is 0 Å². The summed E-state index contributed by atoms with van der Waals surface area (Å²) in [5.74, 6) is -0.419. The predicted octanol–water partition coefficient (Wildman–Crippen LogP) is -0.222. The Balaban J connectivity index is 2.00. The molecule has 0 aliphatic carbocycles. The summed E-state index contributed by atoms with van der Waals surface area (Å²) in [6, 6.07) is 0. The Morgan fingerprint density at radius 3 is 2.67 bits per heavy atom. The molecule has 0 spiro atoms. The molecule has 18 heavy (non-hydrogen) atoms. The highest BCUT2D eigenvalue weighted by molar-refractivity contribution is 5.81. The van der Waals surface area contributed by atoms with E-state index in [4.69, 9.17) is 9.47 Å². The lowest BCUT2D eigenvalue weighted by atomic mass is 10.3. The Labute approximate surface area is 108 Å². The fourth-order valence-corrected chi connectivity index (χ4v) is 1.72. The van der Waals surface area contributed by atoms with Crippen LogP contribution in [0.3, 0.4) is 0 Å². The van der Waals surface area contributed by atoms with E-state index in [0.717, 1.165) is 32.8 Å². The van der Waals surface area contributed by atoms with Crippen LogP contribution in [0.15, 0.2) is 0 Å². The van der Waals surface area contributed by atoms with Gasteiger partial charge in [0.1, 0.15) is 0 Å². The summed E-state index contributed by atoms with van der Waals surface area (Å²) in [5.41, 5.74) is 0. The standard InChI is InChI=1S/C12H22N2O4/c1-2-18-12(16)4-3-11(15)13-5-6-14-7-9-17-10-8-14/h2-10H2,1H3,(H,13,15). The molecule has 1 saturated heterocycles. The van der Waals surface area contributed by atoms with E-state index in [-0.39, 0.29) is 24.7 Å². The van der Waals surface area contributed by atoms with E-state index in [1.54, 1.807) is 6.92 Å². The maximum absolute atomic E-state index is 11.4. The normalized spacial score (nSPS) is 16.3. The van der Waals surface area contributed by atoms with Gasteiger partial charge in [-0.15, -0.1) is 0 Å². The van der Waals surface area contributed by atoms with Crippen molar-refractivity contribution in [1.82, 2.24) is 10.2 Å². The van der Waals surface area contributed by atoms with Crippen molar-refractivity contribution in [2.45, 2.75) is 19.8 Å². The molecule has 0 atom stereocenters. The van der Waals surface area contributed by atoms with Crippen molar-refractivity contribution in [2.24, 2.45) is 0 Å². The van der Waals surface area contributed by atoms with Crippen molar-refractivity contribution in [2.75, 3.05) is 46.0 Å². The lowest BCUT2D eigenvalue weighted by Crippen LogP contribution is -2.41. The van der Waals surface area contributed by atoms with Crippen molar-refractivity contribution in [3.05, 3.63) is 0 Å². The summed E-state index contributed by atoms with van der Waals surface area (Å²) in [7, 11) is 0. The minimum Gasteiger partial charge on any atom is -0.466 e. The molecule has 1 aliphatic rings. The first-order chi connectivity index (χ1) is 8.72. The average Bonchev–Trinajstić information content (AvgIpc) is 2.38. The predicted molar refractivity (Wildman–Crippen MR) is 66.1 cm³/mol. The molecule has 0 saturated carbocycles. The Morgan fingerprint density at radius 2 is 2.00 bits per heavy atom. The van der Waals surface area contributed by atoms with E-state index in [9.17, 15) is 9.59 Å². The zero-order chi connectivity index (χ0) is 13.2. The molecule has 1 fully saturated rings. The van der Waals surface area contributed by atoms with Gasteiger partial charge in [0, 0.05) is 32.6 Å². The number of ether oxygens (including phenoxy) is 2. The minimum atomic E-state index is -0.319. The summed E-state index contributed by atoms with van der Waals surface area (Å²) < 4.78 is 9.99. The van der Waals surface area contributed by atoms with Crippen molar-refractivity contribution >= 4 is 11.9 Å². The molecule has 0 unspecified atom stereocenters. The van der Waals surface area contributed by atoms with Crippen LogP contribution in [0, 0.1) is 0 Å². The first-order valence-electron chi connectivity index (χ1n) is 6.44. The van der Waals surface area contributed by atoms with Crippen LogP contribution in [0.5, 0.6) is 0 Å². The van der Waals surface area contributed by atoms with Crippen LogP contribution in [0.1, 0.15) is 19.8 Å². The second-order valence-electron chi connectivity index (χ2n) is 4.11. The zero-order valence-electron chi connectivity index (χ0n) is 10.9. The molecular weight excluding hydrogens is 236 g/mol. The molecule has 1 amide bonds. The summed E-state index contributed by atoms with van der Waals surface area (Å²) >= 11 is 0. The Morgan fingerprint density at radius 1 is 1.28 bits per heavy atom. The number of hydrogen-bond acceptors (Lipinski definition) is 5. The van der Waals surface area contributed by atoms with Crippen molar-refractivity contribution in [3.8, 4) is 0 Å². The van der Waals surface area contributed by atoms with Crippen LogP contribution < -0.4 is 5.32 Å². The largest absolute Gasteiger partial charge is 0.466 e. The number of nitrogens with one attached hydrogen (secondary N) is 1. The van der Waals surface area contributed by atoms with E-state index in [2.05, 4.69) is 10.2 Å². The third kappa shape index (κ3) is 6.56. The number of carbonyl (C=O) groups is 2. The average molecular weight is 258 g/mol. The Bertz CT molecular complexity index is 265. The summed E-state index contributed by atoms with van der Waals surface area (Å²) in [4.78, 5) is 24.7. The highest BCUT2D eigenvalue weighted by Gasteiger charge is 2.11. The quantitative estimate of drug-likeness (QED) is 0.639. The molecule has 6 heteroatoms. The van der Waals surface area contributed by atoms with Crippen molar-refractivity contribution < 1.29 is 19.1 Å². The van der Waals surface area contributed by atoms with Crippen molar-refractivity contribution in [1.29, 1.82) is 0 Å². The topological polar surface area (TPSA) is 67.9 Å². The van der Waals surface area contributed by atoms with E-state index in [1.807, 2.05) is 0 Å². The van der Waals surface area contributed by atoms with Gasteiger partial charge in [-0.25, -0.2) is 0 Å². The van der Waals surface area contributed by atoms with E-state index >= 15 is 0 Å². The third-order valence-corrected chi connectivity index (χ3v) is 2.72. The molecule has 0 bridgehead atoms. The summed E-state index contributed by atoms with van der Waals surface area (Å²) in [6.07, 6.45) is 0.346. The molecule has 1 aliphatic heterocycles. The lowest BCUT2D eigenvalue weighted by molar-refractivity contribution is -0.144. The van der Waals surface area contributed by atoms with Crippen LogP contribution in [0.25, 0.3) is 0 Å². The van der Waals surface area contributed by atoms with Gasteiger partial charge in [-0.1, -0.05) is 0 Å². The minimum absolute atomic E-state index is 0.101. The number of rotatable bonds is 7. The molecule has 104 valence electrons. The van der Waals surface area contributed by atoms with E-state index in [0.29, 0.717) is 13.2 Å². The van der Waals surface area contributed by atoms with Gasteiger partial charge >= 0.3 is 5.97 Å². The third-order valence-electron chi connectivity index (χ3n) is 2.72. The van der Waals surface area contributed by atoms with Gasteiger partial charge in [0.2, 0.25) is 5.91 Å².